The van der Waals surface area contributed by atoms with Gasteiger partial charge in [-0.2, -0.15) is 5.10 Å². The van der Waals surface area contributed by atoms with Crippen LogP contribution < -0.4 is 25.0 Å². The van der Waals surface area contributed by atoms with Crippen LogP contribution in [0.15, 0.2) is 41.5 Å². The molecule has 8 nitrogen and oxygen atoms in total. The lowest BCUT2D eigenvalue weighted by atomic mass is 10.2. The van der Waals surface area contributed by atoms with Crippen LogP contribution in [-0.2, 0) is 4.79 Å². The van der Waals surface area contributed by atoms with E-state index in [1.165, 1.54) is 38.9 Å². The molecule has 0 fully saturated rings. The highest BCUT2D eigenvalue weighted by atomic mass is 35.5. The van der Waals surface area contributed by atoms with Crippen LogP contribution in [0.2, 0.25) is 5.02 Å². The predicted octanol–water partition coefficient (Wildman–Crippen LogP) is 3.46. The molecular formula is C21H20ClN3O5S. The lowest BCUT2D eigenvalue weighted by Gasteiger charge is -2.12. The van der Waals surface area contributed by atoms with Crippen molar-refractivity contribution in [3.05, 3.63) is 51.9 Å². The standard InChI is InChI=1S/C21H20ClN3O5S/c1-28-14-8-12(9-15(29-2)19(14)30-3)10-24-25-17(26)11-23-21(27)20-18(22)13-6-4-5-7-16(13)31-20/h4-10H,11H2,1-3H3,(H,23,27)(H,25,26). The van der Waals surface area contributed by atoms with Crippen LogP contribution in [0.5, 0.6) is 17.2 Å². The van der Waals surface area contributed by atoms with Crippen molar-refractivity contribution < 1.29 is 23.8 Å². The first kappa shape index (κ1) is 22.4. The summed E-state index contributed by atoms with van der Waals surface area (Å²) in [7, 11) is 4.52. The van der Waals surface area contributed by atoms with Gasteiger partial charge in [0, 0.05) is 15.6 Å². The molecule has 0 saturated carbocycles. The summed E-state index contributed by atoms with van der Waals surface area (Å²) in [5.74, 6) is 0.460. The fraction of sp³-hybridized carbons (Fsp3) is 0.190. The summed E-state index contributed by atoms with van der Waals surface area (Å²) in [6.45, 7) is -0.254. The molecule has 0 saturated heterocycles. The number of halogens is 1. The molecule has 0 aliphatic carbocycles. The number of rotatable bonds is 8. The minimum atomic E-state index is -0.491. The molecular weight excluding hydrogens is 442 g/mol. The number of benzene rings is 2. The van der Waals surface area contributed by atoms with Gasteiger partial charge in [-0.15, -0.1) is 11.3 Å². The Morgan fingerprint density at radius 3 is 2.39 bits per heavy atom. The van der Waals surface area contributed by atoms with E-state index in [2.05, 4.69) is 15.8 Å². The molecule has 1 aromatic heterocycles. The van der Waals surface area contributed by atoms with Gasteiger partial charge < -0.3 is 19.5 Å². The van der Waals surface area contributed by atoms with E-state index in [0.717, 1.165) is 10.1 Å². The maximum Gasteiger partial charge on any atom is 0.263 e. The SMILES string of the molecule is COc1cc(C=NNC(=O)CNC(=O)c2sc3ccccc3c2Cl)cc(OC)c1OC. The van der Waals surface area contributed by atoms with E-state index < -0.39 is 11.8 Å². The fourth-order valence-electron chi connectivity index (χ4n) is 2.80. The highest BCUT2D eigenvalue weighted by Gasteiger charge is 2.17. The molecule has 10 heteroatoms. The molecule has 0 aliphatic rings. The van der Waals surface area contributed by atoms with Crippen LogP contribution in [-0.4, -0.2) is 45.9 Å². The normalized spacial score (nSPS) is 10.8. The van der Waals surface area contributed by atoms with E-state index >= 15 is 0 Å². The minimum Gasteiger partial charge on any atom is -0.493 e. The first-order chi connectivity index (χ1) is 15.0. The van der Waals surface area contributed by atoms with Gasteiger partial charge in [-0.05, 0) is 18.2 Å². The van der Waals surface area contributed by atoms with E-state index in [1.54, 1.807) is 12.1 Å². The van der Waals surface area contributed by atoms with Gasteiger partial charge in [-0.25, -0.2) is 5.43 Å². The largest absolute Gasteiger partial charge is 0.493 e. The molecule has 31 heavy (non-hydrogen) atoms. The Morgan fingerprint density at radius 1 is 1.10 bits per heavy atom. The van der Waals surface area contributed by atoms with Crippen molar-refractivity contribution in [1.82, 2.24) is 10.7 Å². The molecule has 1 heterocycles. The van der Waals surface area contributed by atoms with Crippen molar-refractivity contribution in [2.24, 2.45) is 5.10 Å². The molecule has 3 rings (SSSR count). The second kappa shape index (κ2) is 10.1. The summed E-state index contributed by atoms with van der Waals surface area (Å²) in [5.41, 5.74) is 2.98. The summed E-state index contributed by atoms with van der Waals surface area (Å²) in [6.07, 6.45) is 1.42. The number of amides is 2. The number of thiophene rings is 1. The summed E-state index contributed by atoms with van der Waals surface area (Å²) in [4.78, 5) is 24.8. The van der Waals surface area contributed by atoms with Gasteiger partial charge in [-0.3, -0.25) is 9.59 Å². The first-order valence-corrected chi connectivity index (χ1v) is 10.2. The van der Waals surface area contributed by atoms with Gasteiger partial charge >= 0.3 is 0 Å². The van der Waals surface area contributed by atoms with Crippen molar-refractivity contribution in [1.29, 1.82) is 0 Å². The zero-order valence-electron chi connectivity index (χ0n) is 17.0. The van der Waals surface area contributed by atoms with Crippen LogP contribution in [0.1, 0.15) is 15.2 Å². The van der Waals surface area contributed by atoms with E-state index in [9.17, 15) is 9.59 Å². The summed E-state index contributed by atoms with van der Waals surface area (Å²) in [6, 6.07) is 10.8. The Morgan fingerprint density at radius 2 is 1.77 bits per heavy atom. The Bertz CT molecular complexity index is 1120. The quantitative estimate of drug-likeness (QED) is 0.395. The van der Waals surface area contributed by atoms with Crippen LogP contribution in [0.4, 0.5) is 0 Å². The lowest BCUT2D eigenvalue weighted by Crippen LogP contribution is -2.34. The second-order valence-corrected chi connectivity index (χ2v) is 7.61. The van der Waals surface area contributed by atoms with E-state index in [-0.39, 0.29) is 6.54 Å². The lowest BCUT2D eigenvalue weighted by molar-refractivity contribution is -0.120. The number of fused-ring (bicyclic) bond motifs is 1. The Kier molecular flexibility index (Phi) is 7.32. The third-order valence-corrected chi connectivity index (χ3v) is 5.91. The molecule has 2 amide bonds. The van der Waals surface area contributed by atoms with Crippen LogP contribution in [0.3, 0.4) is 0 Å². The summed E-state index contributed by atoms with van der Waals surface area (Å²) in [5, 5.41) is 7.62. The van der Waals surface area contributed by atoms with E-state index in [4.69, 9.17) is 25.8 Å². The number of nitrogens with one attached hydrogen (secondary N) is 2. The number of nitrogens with zero attached hydrogens (tertiary/aromatic N) is 1. The number of ether oxygens (including phenoxy) is 3. The monoisotopic (exact) mass is 461 g/mol. The highest BCUT2D eigenvalue weighted by molar-refractivity contribution is 7.21. The maximum absolute atomic E-state index is 12.4. The molecule has 0 aliphatic heterocycles. The number of hydrazone groups is 1. The van der Waals surface area contributed by atoms with Crippen molar-refractivity contribution in [2.75, 3.05) is 27.9 Å². The smallest absolute Gasteiger partial charge is 0.263 e. The topological polar surface area (TPSA) is 98.2 Å². The fourth-order valence-corrected chi connectivity index (χ4v) is 4.23. The van der Waals surface area contributed by atoms with Crippen LogP contribution in [0, 0.1) is 0 Å². The van der Waals surface area contributed by atoms with Gasteiger partial charge in [0.2, 0.25) is 5.75 Å². The van der Waals surface area contributed by atoms with Crippen molar-refractivity contribution >= 4 is 51.1 Å². The number of hydrogen-bond donors (Lipinski definition) is 2. The van der Waals surface area contributed by atoms with Crippen molar-refractivity contribution in [2.45, 2.75) is 0 Å². The average molecular weight is 462 g/mol. The highest BCUT2D eigenvalue weighted by Crippen LogP contribution is 2.38. The Balaban J connectivity index is 1.59. The van der Waals surface area contributed by atoms with E-state index in [0.29, 0.717) is 32.7 Å². The number of carbonyl (C=O) groups is 2. The second-order valence-electron chi connectivity index (χ2n) is 6.18. The molecule has 0 bridgehead atoms. The number of carbonyl (C=O) groups excluding carboxylic acids is 2. The minimum absolute atomic E-state index is 0.254. The first-order valence-electron chi connectivity index (χ1n) is 9.05. The average Bonchev–Trinajstić information content (AvgIpc) is 3.13. The van der Waals surface area contributed by atoms with Crippen LogP contribution >= 0.6 is 22.9 Å². The zero-order chi connectivity index (χ0) is 22.4. The Labute approximate surface area is 187 Å². The predicted molar refractivity (Wildman–Crippen MR) is 121 cm³/mol. The summed E-state index contributed by atoms with van der Waals surface area (Å²) >= 11 is 7.56. The van der Waals surface area contributed by atoms with Crippen molar-refractivity contribution in [3.8, 4) is 17.2 Å². The molecule has 2 aromatic carbocycles. The molecule has 0 atom stereocenters. The number of hydrogen-bond acceptors (Lipinski definition) is 7. The number of methoxy groups -OCH3 is 3. The van der Waals surface area contributed by atoms with Gasteiger partial charge in [-0.1, -0.05) is 29.8 Å². The molecule has 0 spiro atoms. The van der Waals surface area contributed by atoms with Crippen LogP contribution in [0.25, 0.3) is 10.1 Å². The Hall–Kier alpha value is -3.30. The molecule has 0 unspecified atom stereocenters. The molecule has 2 N–H and O–H groups in total. The third kappa shape index (κ3) is 5.07. The zero-order valence-corrected chi connectivity index (χ0v) is 18.6. The maximum atomic E-state index is 12.4. The molecule has 3 aromatic rings. The molecule has 162 valence electrons. The molecule has 0 radical (unpaired) electrons. The third-order valence-electron chi connectivity index (χ3n) is 4.24. The van der Waals surface area contributed by atoms with E-state index in [1.807, 2.05) is 24.3 Å². The van der Waals surface area contributed by atoms with Crippen molar-refractivity contribution in [3.63, 3.8) is 0 Å². The van der Waals surface area contributed by atoms with Gasteiger partial charge in [0.1, 0.15) is 4.88 Å². The van der Waals surface area contributed by atoms with Gasteiger partial charge in [0.15, 0.2) is 11.5 Å². The van der Waals surface area contributed by atoms with Gasteiger partial charge in [0.05, 0.1) is 39.1 Å². The summed E-state index contributed by atoms with van der Waals surface area (Å²) < 4.78 is 16.7. The van der Waals surface area contributed by atoms with Gasteiger partial charge in [0.25, 0.3) is 11.8 Å².